The molecular weight excluding hydrogens is 244 g/mol. The topological polar surface area (TPSA) is 0 Å². The van der Waals surface area contributed by atoms with E-state index < -0.39 is 0 Å². The van der Waals surface area contributed by atoms with Crippen LogP contribution in [0.5, 0.6) is 0 Å². The van der Waals surface area contributed by atoms with Crippen molar-refractivity contribution in [3.63, 3.8) is 0 Å². The monoisotopic (exact) mass is 253 g/mol. The molecule has 0 heterocycles. The number of rotatable bonds is 0. The third-order valence-corrected chi connectivity index (χ3v) is 2.51. The molecule has 0 nitrogen and oxygen atoms in total. The zero-order chi connectivity index (χ0) is 5.21. The molecule has 0 fully saturated rings. The third kappa shape index (κ3) is 4.47. The molecular formula is C5H9W. The van der Waals surface area contributed by atoms with E-state index in [0.717, 1.165) is 0 Å². The van der Waals surface area contributed by atoms with Gasteiger partial charge in [-0.05, 0) is 0 Å². The zero-order valence-corrected chi connectivity index (χ0v) is 7.34. The Hall–Kier alpha value is 0.468. The fraction of sp³-hybridized carbons (Fsp3) is 0.800. The Balaban J connectivity index is 3.55. The first kappa shape index (κ1) is 6.47. The summed E-state index contributed by atoms with van der Waals surface area (Å²) in [4.78, 5) is 0. The second-order valence-electron chi connectivity index (χ2n) is 2.35. The Morgan fingerprint density at radius 2 is 1.50 bits per heavy atom. The van der Waals surface area contributed by atoms with Crippen molar-refractivity contribution in [1.82, 2.24) is 0 Å². The summed E-state index contributed by atoms with van der Waals surface area (Å²) >= 11 is 1.44. The fourth-order valence-corrected chi connectivity index (χ4v) is 0. The van der Waals surface area contributed by atoms with Crippen molar-refractivity contribution in [2.75, 3.05) is 0 Å². The minimum absolute atomic E-state index is 0.329. The van der Waals surface area contributed by atoms with Gasteiger partial charge in [0.25, 0.3) is 0 Å². The van der Waals surface area contributed by atoms with Crippen molar-refractivity contribution in [2.45, 2.75) is 20.8 Å². The maximum atomic E-state index is 3.19. The molecule has 0 rings (SSSR count). The Labute approximate surface area is 50.0 Å². The van der Waals surface area contributed by atoms with Crippen LogP contribution in [0.3, 0.4) is 0 Å². The molecule has 0 saturated carbocycles. The molecule has 0 aromatic carbocycles. The minimum atomic E-state index is 0.329. The molecule has 6 heavy (non-hydrogen) atoms. The van der Waals surface area contributed by atoms with Gasteiger partial charge in [0.15, 0.2) is 0 Å². The van der Waals surface area contributed by atoms with E-state index in [9.17, 15) is 0 Å². The summed E-state index contributed by atoms with van der Waals surface area (Å²) in [5.74, 6) is 0. The molecule has 0 amide bonds. The van der Waals surface area contributed by atoms with Gasteiger partial charge in [0.05, 0.1) is 0 Å². The van der Waals surface area contributed by atoms with Crippen LogP contribution in [0.4, 0.5) is 0 Å². The van der Waals surface area contributed by atoms with E-state index in [4.69, 9.17) is 0 Å². The third-order valence-electron chi connectivity index (χ3n) is 0.306. The predicted octanol–water partition coefficient (Wildman–Crippen LogP) is 1.54. The molecule has 0 spiro atoms. The second-order valence-corrected chi connectivity index (χ2v) is 3.09. The first-order valence-electron chi connectivity index (χ1n) is 1.95. The molecule has 0 aromatic heterocycles. The van der Waals surface area contributed by atoms with Gasteiger partial charge in [-0.1, -0.05) is 0 Å². The van der Waals surface area contributed by atoms with Crippen LogP contribution in [0.2, 0.25) is 0 Å². The normalized spacial score (nSPS) is 10.3. The van der Waals surface area contributed by atoms with Crippen LogP contribution in [0, 0.1) is 9.62 Å². The number of hydrogen-bond acceptors (Lipinski definition) is 0. The van der Waals surface area contributed by atoms with Gasteiger partial charge < -0.3 is 0 Å². The average Bonchev–Trinajstić information content (AvgIpc) is 1.35. The van der Waals surface area contributed by atoms with Crippen molar-refractivity contribution in [2.24, 2.45) is 5.41 Å². The van der Waals surface area contributed by atoms with Gasteiger partial charge in [0.1, 0.15) is 0 Å². The molecule has 0 aliphatic rings. The molecule has 0 saturated heterocycles. The summed E-state index contributed by atoms with van der Waals surface area (Å²) in [7, 11) is 0. The van der Waals surface area contributed by atoms with Crippen molar-refractivity contribution in [3.05, 3.63) is 0 Å². The van der Waals surface area contributed by atoms with Crippen LogP contribution in [-0.2, 0) is 19.2 Å². The molecule has 35 valence electrons. The fourth-order valence-electron chi connectivity index (χ4n) is 0. The van der Waals surface area contributed by atoms with Gasteiger partial charge in [-0.2, -0.15) is 0 Å². The molecule has 0 bridgehead atoms. The number of hydrogen-bond donors (Lipinski definition) is 0. The van der Waals surface area contributed by atoms with Gasteiger partial charge in [-0.3, -0.25) is 0 Å². The van der Waals surface area contributed by atoms with Crippen molar-refractivity contribution in [3.8, 4) is 4.20 Å². The van der Waals surface area contributed by atoms with Crippen LogP contribution in [0.15, 0.2) is 0 Å². The summed E-state index contributed by atoms with van der Waals surface area (Å²) in [5.41, 5.74) is 0.329. The Kier molecular flexibility index (Phi) is 2.11. The first-order chi connectivity index (χ1) is 2.56. The maximum absolute atomic E-state index is 3.19. The van der Waals surface area contributed by atoms with Crippen LogP contribution in [0.1, 0.15) is 20.8 Å². The summed E-state index contributed by atoms with van der Waals surface area (Å²) in [5, 5.41) is 0. The van der Waals surface area contributed by atoms with Crippen LogP contribution >= 0.6 is 0 Å². The summed E-state index contributed by atoms with van der Waals surface area (Å²) < 4.78 is 3.19. The van der Waals surface area contributed by atoms with Gasteiger partial charge in [0.2, 0.25) is 0 Å². The van der Waals surface area contributed by atoms with E-state index in [1.54, 1.807) is 0 Å². The molecule has 0 atom stereocenters. The molecule has 0 aliphatic carbocycles. The Morgan fingerprint density at radius 3 is 1.50 bits per heavy atom. The standard InChI is InChI=1S/C5H9.W/c1-5(2,3)4;/h1-3H3;. The summed E-state index contributed by atoms with van der Waals surface area (Å²) in [6.45, 7) is 6.46. The SMILES string of the molecule is CC(C)(C)[C]#[W]. The van der Waals surface area contributed by atoms with E-state index >= 15 is 0 Å². The first-order valence-corrected chi connectivity index (χ1v) is 3.42. The van der Waals surface area contributed by atoms with E-state index in [1.807, 2.05) is 0 Å². The van der Waals surface area contributed by atoms with Crippen LogP contribution in [-0.4, -0.2) is 0 Å². The Morgan fingerprint density at radius 1 is 1.33 bits per heavy atom. The van der Waals surface area contributed by atoms with E-state index in [2.05, 4.69) is 25.0 Å². The van der Waals surface area contributed by atoms with E-state index in [1.165, 1.54) is 19.2 Å². The van der Waals surface area contributed by atoms with Crippen molar-refractivity contribution >= 4 is 0 Å². The van der Waals surface area contributed by atoms with Gasteiger partial charge in [0, 0.05) is 0 Å². The summed E-state index contributed by atoms with van der Waals surface area (Å²) in [6.07, 6.45) is 0. The Bertz CT molecular complexity index is 70.9. The molecule has 0 N–H and O–H groups in total. The molecule has 0 radical (unpaired) electrons. The van der Waals surface area contributed by atoms with Crippen LogP contribution in [0.25, 0.3) is 0 Å². The van der Waals surface area contributed by atoms with Crippen molar-refractivity contribution < 1.29 is 19.2 Å². The molecule has 0 aromatic rings. The van der Waals surface area contributed by atoms with Crippen molar-refractivity contribution in [1.29, 1.82) is 0 Å². The predicted molar refractivity (Wildman–Crippen MR) is 23.3 cm³/mol. The molecule has 1 heteroatoms. The van der Waals surface area contributed by atoms with E-state index in [0.29, 0.717) is 5.41 Å². The quantitative estimate of drug-likeness (QED) is 0.614. The van der Waals surface area contributed by atoms with Gasteiger partial charge >= 0.3 is 49.5 Å². The van der Waals surface area contributed by atoms with Gasteiger partial charge in [-0.15, -0.1) is 0 Å². The van der Waals surface area contributed by atoms with Gasteiger partial charge in [-0.25, -0.2) is 0 Å². The summed E-state index contributed by atoms with van der Waals surface area (Å²) in [6, 6.07) is 0. The molecule has 0 unspecified atom stereocenters. The molecule has 0 aliphatic heterocycles. The van der Waals surface area contributed by atoms with E-state index in [-0.39, 0.29) is 0 Å². The zero-order valence-electron chi connectivity index (χ0n) is 4.41. The second kappa shape index (κ2) is 1.96. The average molecular weight is 253 g/mol. The van der Waals surface area contributed by atoms with Crippen LogP contribution < -0.4 is 0 Å².